The lowest BCUT2D eigenvalue weighted by atomic mass is 10.1. The zero-order valence-electron chi connectivity index (χ0n) is 8.99. The van der Waals surface area contributed by atoms with Crippen LogP contribution in [0.4, 0.5) is 5.69 Å². The largest absolute Gasteiger partial charge is 0.394 e. The lowest BCUT2D eigenvalue weighted by molar-refractivity contribution is 0.249. The molecule has 0 amide bonds. The Balaban J connectivity index is 2.67. The van der Waals surface area contributed by atoms with Gasteiger partial charge < -0.3 is 10.4 Å². The van der Waals surface area contributed by atoms with Gasteiger partial charge in [-0.3, -0.25) is 4.98 Å². The van der Waals surface area contributed by atoms with Gasteiger partial charge in [-0.25, -0.2) is 0 Å². The summed E-state index contributed by atoms with van der Waals surface area (Å²) in [5.41, 5.74) is 2.00. The van der Waals surface area contributed by atoms with Gasteiger partial charge >= 0.3 is 0 Å². The molecule has 0 bridgehead atoms. The van der Waals surface area contributed by atoms with Crippen LogP contribution in [0.1, 0.15) is 19.5 Å². The summed E-state index contributed by atoms with van der Waals surface area (Å²) in [6.45, 7) is 6.28. The second-order valence-corrected chi connectivity index (χ2v) is 3.86. The smallest absolute Gasteiger partial charge is 0.0635 e. The molecule has 78 valence electrons. The van der Waals surface area contributed by atoms with Crippen molar-refractivity contribution < 1.29 is 5.11 Å². The molecule has 1 aromatic rings. The summed E-state index contributed by atoms with van der Waals surface area (Å²) in [6.07, 6.45) is 1.77. The van der Waals surface area contributed by atoms with Crippen LogP contribution < -0.4 is 5.32 Å². The van der Waals surface area contributed by atoms with Crippen LogP contribution in [-0.4, -0.2) is 22.7 Å². The summed E-state index contributed by atoms with van der Waals surface area (Å²) >= 11 is 0. The van der Waals surface area contributed by atoms with E-state index in [1.54, 1.807) is 6.20 Å². The molecule has 1 rings (SSSR count). The minimum Gasteiger partial charge on any atom is -0.394 e. The number of aromatic nitrogens is 1. The van der Waals surface area contributed by atoms with Crippen LogP contribution in [0.3, 0.4) is 0 Å². The van der Waals surface area contributed by atoms with Gasteiger partial charge in [-0.2, -0.15) is 0 Å². The quantitative estimate of drug-likeness (QED) is 0.768. The van der Waals surface area contributed by atoms with Crippen molar-refractivity contribution in [3.8, 4) is 0 Å². The van der Waals surface area contributed by atoms with Crippen molar-refractivity contribution in [2.75, 3.05) is 11.9 Å². The molecule has 0 spiro atoms. The molecule has 0 aliphatic heterocycles. The number of hydrogen-bond donors (Lipinski definition) is 2. The molecule has 0 saturated carbocycles. The van der Waals surface area contributed by atoms with Gasteiger partial charge in [-0.15, -0.1) is 0 Å². The van der Waals surface area contributed by atoms with Gasteiger partial charge in [-0.05, 0) is 25.0 Å². The molecule has 3 heteroatoms. The molecular formula is C11H18N2O. The Morgan fingerprint density at radius 3 is 2.71 bits per heavy atom. The van der Waals surface area contributed by atoms with E-state index in [-0.39, 0.29) is 12.6 Å². The molecule has 1 aromatic heterocycles. The SMILES string of the molecule is Cc1cc(N[C@H](CO)C(C)C)ccn1. The van der Waals surface area contributed by atoms with Crippen molar-refractivity contribution in [2.24, 2.45) is 5.92 Å². The van der Waals surface area contributed by atoms with Crippen molar-refractivity contribution in [1.29, 1.82) is 0 Å². The van der Waals surface area contributed by atoms with Gasteiger partial charge in [0.1, 0.15) is 0 Å². The minimum absolute atomic E-state index is 0.108. The van der Waals surface area contributed by atoms with Gasteiger partial charge in [0.2, 0.25) is 0 Å². The van der Waals surface area contributed by atoms with Crippen LogP contribution in [0.25, 0.3) is 0 Å². The van der Waals surface area contributed by atoms with Crippen LogP contribution in [0.15, 0.2) is 18.3 Å². The summed E-state index contributed by atoms with van der Waals surface area (Å²) in [5, 5.41) is 12.4. The third-order valence-corrected chi connectivity index (χ3v) is 2.25. The molecule has 2 N–H and O–H groups in total. The Labute approximate surface area is 85.2 Å². The highest BCUT2D eigenvalue weighted by Gasteiger charge is 2.11. The van der Waals surface area contributed by atoms with Crippen LogP contribution in [0, 0.1) is 12.8 Å². The number of rotatable bonds is 4. The van der Waals surface area contributed by atoms with E-state index in [9.17, 15) is 0 Å². The number of nitrogens with zero attached hydrogens (tertiary/aromatic N) is 1. The Hall–Kier alpha value is -1.09. The average molecular weight is 194 g/mol. The van der Waals surface area contributed by atoms with E-state index in [4.69, 9.17) is 5.11 Å². The first-order chi connectivity index (χ1) is 6.63. The Bertz CT molecular complexity index is 286. The first-order valence-corrected chi connectivity index (χ1v) is 4.93. The van der Waals surface area contributed by atoms with E-state index >= 15 is 0 Å². The number of nitrogens with one attached hydrogen (secondary N) is 1. The number of pyridine rings is 1. The summed E-state index contributed by atoms with van der Waals surface area (Å²) in [4.78, 5) is 4.12. The van der Waals surface area contributed by atoms with Crippen molar-refractivity contribution in [2.45, 2.75) is 26.8 Å². The predicted octanol–water partition coefficient (Wildman–Crippen LogP) is 1.82. The molecular weight excluding hydrogens is 176 g/mol. The number of aliphatic hydroxyl groups is 1. The maximum Gasteiger partial charge on any atom is 0.0635 e. The molecule has 0 aliphatic rings. The van der Waals surface area contributed by atoms with Crippen molar-refractivity contribution in [1.82, 2.24) is 4.98 Å². The first-order valence-electron chi connectivity index (χ1n) is 4.93. The van der Waals surface area contributed by atoms with E-state index in [0.29, 0.717) is 5.92 Å². The monoisotopic (exact) mass is 194 g/mol. The Morgan fingerprint density at radius 2 is 2.21 bits per heavy atom. The summed E-state index contributed by atoms with van der Waals surface area (Å²) in [6, 6.07) is 4.00. The summed E-state index contributed by atoms with van der Waals surface area (Å²) < 4.78 is 0. The van der Waals surface area contributed by atoms with Crippen LogP contribution in [-0.2, 0) is 0 Å². The number of anilines is 1. The summed E-state index contributed by atoms with van der Waals surface area (Å²) in [5.74, 6) is 0.411. The fourth-order valence-electron chi connectivity index (χ4n) is 1.27. The maximum atomic E-state index is 9.15. The third-order valence-electron chi connectivity index (χ3n) is 2.25. The minimum atomic E-state index is 0.108. The van der Waals surface area contributed by atoms with Crippen molar-refractivity contribution in [3.63, 3.8) is 0 Å². The van der Waals surface area contributed by atoms with Gasteiger partial charge in [0, 0.05) is 17.6 Å². The molecule has 1 atom stereocenters. The lowest BCUT2D eigenvalue weighted by Crippen LogP contribution is -2.29. The van der Waals surface area contributed by atoms with E-state index in [2.05, 4.69) is 24.1 Å². The second kappa shape index (κ2) is 4.96. The van der Waals surface area contributed by atoms with Gasteiger partial charge in [0.15, 0.2) is 0 Å². The topological polar surface area (TPSA) is 45.1 Å². The molecule has 0 unspecified atom stereocenters. The van der Waals surface area contributed by atoms with E-state index in [1.165, 1.54) is 0 Å². The molecule has 0 saturated heterocycles. The van der Waals surface area contributed by atoms with Crippen LogP contribution in [0.2, 0.25) is 0 Å². The maximum absolute atomic E-state index is 9.15. The lowest BCUT2D eigenvalue weighted by Gasteiger charge is -2.21. The van der Waals surface area contributed by atoms with E-state index in [0.717, 1.165) is 11.4 Å². The molecule has 14 heavy (non-hydrogen) atoms. The zero-order valence-corrected chi connectivity index (χ0v) is 8.99. The van der Waals surface area contributed by atoms with Gasteiger partial charge in [0.25, 0.3) is 0 Å². The molecule has 0 aromatic carbocycles. The molecule has 0 radical (unpaired) electrons. The fraction of sp³-hybridized carbons (Fsp3) is 0.545. The van der Waals surface area contributed by atoms with Crippen LogP contribution >= 0.6 is 0 Å². The first kappa shape index (κ1) is 11.0. The molecule has 1 heterocycles. The van der Waals surface area contributed by atoms with Crippen molar-refractivity contribution >= 4 is 5.69 Å². The average Bonchev–Trinajstić information content (AvgIpc) is 2.14. The Kier molecular flexibility index (Phi) is 3.89. The molecule has 3 nitrogen and oxygen atoms in total. The highest BCUT2D eigenvalue weighted by atomic mass is 16.3. The number of hydrogen-bond acceptors (Lipinski definition) is 3. The number of aliphatic hydroxyl groups excluding tert-OH is 1. The van der Waals surface area contributed by atoms with E-state index < -0.39 is 0 Å². The highest BCUT2D eigenvalue weighted by Crippen LogP contribution is 2.12. The summed E-state index contributed by atoms with van der Waals surface area (Å²) in [7, 11) is 0. The number of aryl methyl sites for hydroxylation is 1. The predicted molar refractivity (Wildman–Crippen MR) is 58.3 cm³/mol. The molecule has 0 aliphatic carbocycles. The fourth-order valence-corrected chi connectivity index (χ4v) is 1.27. The van der Waals surface area contributed by atoms with Gasteiger partial charge in [0.05, 0.1) is 12.6 Å². The standard InChI is InChI=1S/C11H18N2O/c1-8(2)11(7-14)13-10-4-5-12-9(3)6-10/h4-6,8,11,14H,7H2,1-3H3,(H,12,13)/t11-/m1/s1. The van der Waals surface area contributed by atoms with E-state index in [1.807, 2.05) is 19.1 Å². The van der Waals surface area contributed by atoms with Crippen molar-refractivity contribution in [3.05, 3.63) is 24.0 Å². The van der Waals surface area contributed by atoms with Crippen LogP contribution in [0.5, 0.6) is 0 Å². The zero-order chi connectivity index (χ0) is 10.6. The normalized spacial score (nSPS) is 12.9. The third kappa shape index (κ3) is 3.00. The van der Waals surface area contributed by atoms with Gasteiger partial charge in [-0.1, -0.05) is 13.8 Å². The second-order valence-electron chi connectivity index (χ2n) is 3.86. The molecule has 0 fully saturated rings. The Morgan fingerprint density at radius 1 is 1.50 bits per heavy atom. The highest BCUT2D eigenvalue weighted by molar-refractivity contribution is 5.43.